The molecule has 0 bridgehead atoms. The molecule has 0 saturated heterocycles. The number of benzene rings is 4. The third-order valence-corrected chi connectivity index (χ3v) is 8.57. The van der Waals surface area contributed by atoms with Crippen LogP contribution in [0.15, 0.2) is 105 Å². The monoisotopic (exact) mass is 686 g/mol. The van der Waals surface area contributed by atoms with Crippen LogP contribution in [0.2, 0.25) is 5.02 Å². The van der Waals surface area contributed by atoms with Gasteiger partial charge in [-0.15, -0.1) is 0 Å². The Kier molecular flexibility index (Phi) is 10.3. The summed E-state index contributed by atoms with van der Waals surface area (Å²) in [6.07, 6.45) is 1.34. The van der Waals surface area contributed by atoms with Crippen LogP contribution in [0.1, 0.15) is 11.1 Å². The predicted molar refractivity (Wildman–Crippen MR) is 166 cm³/mol. The Morgan fingerprint density at radius 3 is 2.42 bits per heavy atom. The summed E-state index contributed by atoms with van der Waals surface area (Å²) in [5.74, 6) is 0.0791. The Labute approximate surface area is 261 Å². The van der Waals surface area contributed by atoms with Crippen LogP contribution in [-0.2, 0) is 21.4 Å². The molecule has 0 radical (unpaired) electrons. The van der Waals surface area contributed by atoms with Gasteiger partial charge in [-0.25, -0.2) is 13.8 Å². The number of carbonyl (C=O) groups is 1. The number of halogens is 2. The van der Waals surface area contributed by atoms with Crippen molar-refractivity contribution in [1.82, 2.24) is 5.43 Å². The maximum atomic E-state index is 13.6. The molecule has 0 spiro atoms. The van der Waals surface area contributed by atoms with Crippen LogP contribution in [0.3, 0.4) is 0 Å². The summed E-state index contributed by atoms with van der Waals surface area (Å²) in [6.45, 7) is -0.428. The number of sulfonamides is 1. The van der Waals surface area contributed by atoms with E-state index in [1.165, 1.54) is 37.6 Å². The van der Waals surface area contributed by atoms with Gasteiger partial charge < -0.3 is 9.47 Å². The third kappa shape index (κ3) is 7.89. The molecule has 4 rings (SSSR count). The molecular formula is C29H24BrClN4O7S. The number of anilines is 1. The van der Waals surface area contributed by atoms with Crippen molar-refractivity contribution in [3.8, 4) is 11.5 Å². The number of nitro benzene ring substituents is 1. The van der Waals surface area contributed by atoms with Gasteiger partial charge in [-0.1, -0.05) is 54.1 Å². The fourth-order valence-electron chi connectivity index (χ4n) is 3.89. The van der Waals surface area contributed by atoms with E-state index >= 15 is 0 Å². The highest BCUT2D eigenvalue weighted by Gasteiger charge is 2.33. The number of nitro groups is 1. The largest absolute Gasteiger partial charge is 0.493 e. The van der Waals surface area contributed by atoms with Crippen LogP contribution >= 0.6 is 27.5 Å². The normalized spacial score (nSPS) is 11.2. The maximum Gasteiger partial charge on any atom is 0.289 e. The lowest BCUT2D eigenvalue weighted by Crippen LogP contribution is -2.39. The van der Waals surface area contributed by atoms with Gasteiger partial charge in [-0.2, -0.15) is 5.10 Å². The highest BCUT2D eigenvalue weighted by atomic mass is 79.9. The molecule has 43 heavy (non-hydrogen) atoms. The van der Waals surface area contributed by atoms with Crippen molar-refractivity contribution in [2.45, 2.75) is 11.5 Å². The highest BCUT2D eigenvalue weighted by Crippen LogP contribution is 2.37. The molecule has 0 aliphatic carbocycles. The summed E-state index contributed by atoms with van der Waals surface area (Å²) in [7, 11) is -3.03. The van der Waals surface area contributed by atoms with Gasteiger partial charge in [0, 0.05) is 11.1 Å². The van der Waals surface area contributed by atoms with E-state index in [2.05, 4.69) is 26.5 Å². The minimum absolute atomic E-state index is 0.141. The number of ether oxygens (including phenoxy) is 2. The number of amides is 1. The zero-order chi connectivity index (χ0) is 31.0. The standard InChI is InChI=1S/C29H24BrClN4O7S/c1-41-26-16-21(15-24(30)29(26)42-19-20-11-13-22(31)14-12-20)17-32-33-28(36)18-34(23-7-3-2-4-8-23)43(39,40)27-10-6-5-9-25(27)35(37)38/h2-17H,18-19H2,1H3,(H,33,36)/b32-17-. The lowest BCUT2D eigenvalue weighted by Gasteiger charge is -2.23. The van der Waals surface area contributed by atoms with E-state index in [4.69, 9.17) is 21.1 Å². The number of hydrogen-bond acceptors (Lipinski definition) is 8. The van der Waals surface area contributed by atoms with E-state index in [9.17, 15) is 23.3 Å². The molecule has 1 amide bonds. The number of rotatable bonds is 12. The van der Waals surface area contributed by atoms with Gasteiger partial charge in [0.25, 0.3) is 21.6 Å². The molecule has 0 heterocycles. The van der Waals surface area contributed by atoms with Gasteiger partial charge in [-0.05, 0) is 69.5 Å². The first-order chi connectivity index (χ1) is 20.6. The SMILES string of the molecule is COc1cc(/C=N\NC(=O)CN(c2ccccc2)S(=O)(=O)c2ccccc2[N+](=O)[O-])cc(Br)c1OCc1ccc(Cl)cc1. The molecular weight excluding hydrogens is 664 g/mol. The van der Waals surface area contributed by atoms with Crippen molar-refractivity contribution in [1.29, 1.82) is 0 Å². The summed E-state index contributed by atoms with van der Waals surface area (Å²) in [4.78, 5) is 23.1. The molecule has 222 valence electrons. The van der Waals surface area contributed by atoms with Crippen molar-refractivity contribution < 1.29 is 27.6 Å². The van der Waals surface area contributed by atoms with Crippen LogP contribution in [-0.4, -0.2) is 39.1 Å². The Bertz CT molecular complexity index is 1750. The summed E-state index contributed by atoms with van der Waals surface area (Å²) < 4.78 is 39.8. The molecule has 0 fully saturated rings. The van der Waals surface area contributed by atoms with Crippen LogP contribution in [0, 0.1) is 10.1 Å². The fourth-order valence-corrected chi connectivity index (χ4v) is 6.17. The number of hydrazone groups is 1. The maximum absolute atomic E-state index is 13.6. The second-order valence-corrected chi connectivity index (χ2v) is 11.9. The van der Waals surface area contributed by atoms with Crippen LogP contribution in [0.5, 0.6) is 11.5 Å². The van der Waals surface area contributed by atoms with Crippen molar-refractivity contribution in [3.63, 3.8) is 0 Å². The second-order valence-electron chi connectivity index (χ2n) is 8.81. The number of para-hydroxylation sites is 2. The topological polar surface area (TPSA) is 140 Å². The molecule has 0 unspecified atom stereocenters. The van der Waals surface area contributed by atoms with E-state index in [1.54, 1.807) is 42.5 Å². The minimum atomic E-state index is -4.51. The Balaban J connectivity index is 1.50. The molecule has 14 heteroatoms. The first-order valence-electron chi connectivity index (χ1n) is 12.5. The van der Waals surface area contributed by atoms with E-state index < -0.39 is 38.0 Å². The molecule has 4 aromatic rings. The summed E-state index contributed by atoms with van der Waals surface area (Å²) in [5, 5.41) is 16.1. The molecule has 0 aromatic heterocycles. The third-order valence-electron chi connectivity index (χ3n) is 5.91. The van der Waals surface area contributed by atoms with Crippen LogP contribution < -0.4 is 19.2 Å². The fraction of sp³-hybridized carbons (Fsp3) is 0.103. The van der Waals surface area contributed by atoms with Gasteiger partial charge in [0.1, 0.15) is 13.2 Å². The van der Waals surface area contributed by atoms with E-state index in [-0.39, 0.29) is 12.3 Å². The van der Waals surface area contributed by atoms with Gasteiger partial charge in [0.15, 0.2) is 16.4 Å². The average molecular weight is 688 g/mol. The molecule has 11 nitrogen and oxygen atoms in total. The van der Waals surface area contributed by atoms with E-state index in [0.717, 1.165) is 22.0 Å². The molecule has 0 aliphatic heterocycles. The van der Waals surface area contributed by atoms with E-state index in [1.807, 2.05) is 12.1 Å². The van der Waals surface area contributed by atoms with Gasteiger partial charge >= 0.3 is 0 Å². The smallest absolute Gasteiger partial charge is 0.289 e. The zero-order valence-corrected chi connectivity index (χ0v) is 25.7. The Morgan fingerprint density at radius 1 is 1.07 bits per heavy atom. The summed E-state index contributed by atoms with van der Waals surface area (Å²) >= 11 is 9.40. The van der Waals surface area contributed by atoms with E-state index in [0.29, 0.717) is 26.6 Å². The molecule has 0 saturated carbocycles. The predicted octanol–water partition coefficient (Wildman–Crippen LogP) is 5.94. The first-order valence-corrected chi connectivity index (χ1v) is 15.1. The Hall–Kier alpha value is -4.46. The van der Waals surface area contributed by atoms with Gasteiger partial charge in [-0.3, -0.25) is 19.2 Å². The Morgan fingerprint density at radius 2 is 1.74 bits per heavy atom. The highest BCUT2D eigenvalue weighted by molar-refractivity contribution is 9.10. The quantitative estimate of drug-likeness (QED) is 0.110. The lowest BCUT2D eigenvalue weighted by molar-refractivity contribution is -0.387. The molecule has 0 aliphatic rings. The summed E-state index contributed by atoms with van der Waals surface area (Å²) in [6, 6.07) is 23.3. The minimum Gasteiger partial charge on any atom is -0.493 e. The number of nitrogens with one attached hydrogen (secondary N) is 1. The number of carbonyl (C=O) groups excluding carboxylic acids is 1. The number of hydrogen-bond donors (Lipinski definition) is 1. The molecule has 4 aromatic carbocycles. The molecule has 1 N–H and O–H groups in total. The van der Waals surface area contributed by atoms with Crippen LogP contribution in [0.4, 0.5) is 11.4 Å². The van der Waals surface area contributed by atoms with Gasteiger partial charge in [0.2, 0.25) is 0 Å². The first kappa shape index (κ1) is 31.5. The second kappa shape index (κ2) is 14.1. The summed E-state index contributed by atoms with van der Waals surface area (Å²) in [5.41, 5.74) is 3.28. The van der Waals surface area contributed by atoms with Crippen molar-refractivity contribution >= 4 is 61.1 Å². The lowest BCUT2D eigenvalue weighted by atomic mass is 10.2. The van der Waals surface area contributed by atoms with Crippen molar-refractivity contribution in [2.75, 3.05) is 18.0 Å². The number of methoxy groups -OCH3 is 1. The van der Waals surface area contributed by atoms with Gasteiger partial charge in [0.05, 0.1) is 28.4 Å². The number of nitrogens with zero attached hydrogens (tertiary/aromatic N) is 3. The molecule has 0 atom stereocenters. The average Bonchev–Trinajstić information content (AvgIpc) is 3.00. The zero-order valence-electron chi connectivity index (χ0n) is 22.5. The van der Waals surface area contributed by atoms with Crippen molar-refractivity contribution in [2.24, 2.45) is 5.10 Å². The van der Waals surface area contributed by atoms with Crippen molar-refractivity contribution in [3.05, 3.63) is 122 Å². The van der Waals surface area contributed by atoms with Crippen LogP contribution in [0.25, 0.3) is 0 Å².